The first-order chi connectivity index (χ1) is 8.47. The standard InChI is InChI=1S/C12H16N2O3S/c1-7-12(8(2)17-13-7)18(15,16)14-11-6-9-3-4-10(11)5-9/h3-4,9-11,14H,5-6H2,1-2H3. The van der Waals surface area contributed by atoms with Gasteiger partial charge >= 0.3 is 0 Å². The SMILES string of the molecule is Cc1noc(C)c1S(=O)(=O)NC1CC2C=CC1C2. The van der Waals surface area contributed by atoms with Crippen LogP contribution in [0.25, 0.3) is 0 Å². The normalized spacial score (nSPS) is 30.2. The fourth-order valence-corrected chi connectivity index (χ4v) is 4.66. The fourth-order valence-electron chi connectivity index (χ4n) is 3.03. The van der Waals surface area contributed by atoms with Crippen molar-refractivity contribution in [2.24, 2.45) is 11.8 Å². The van der Waals surface area contributed by atoms with Crippen LogP contribution >= 0.6 is 0 Å². The molecule has 1 aromatic rings. The molecule has 3 unspecified atom stereocenters. The first-order valence-electron chi connectivity index (χ1n) is 6.11. The summed E-state index contributed by atoms with van der Waals surface area (Å²) in [7, 11) is -3.52. The van der Waals surface area contributed by atoms with Crippen LogP contribution in [0.1, 0.15) is 24.3 Å². The Kier molecular flexibility index (Phi) is 2.60. The second kappa shape index (κ2) is 3.93. The average molecular weight is 268 g/mol. The van der Waals surface area contributed by atoms with Crippen LogP contribution in [0.15, 0.2) is 21.6 Å². The van der Waals surface area contributed by atoms with Gasteiger partial charge in [-0.1, -0.05) is 17.3 Å². The Labute approximate surface area is 106 Å². The summed E-state index contributed by atoms with van der Waals surface area (Å²) in [5.41, 5.74) is 0.415. The third-order valence-electron chi connectivity index (χ3n) is 3.82. The number of sulfonamides is 1. The third kappa shape index (κ3) is 1.80. The lowest BCUT2D eigenvalue weighted by atomic mass is 10.0. The molecule has 1 saturated carbocycles. The molecule has 5 nitrogen and oxygen atoms in total. The predicted octanol–water partition coefficient (Wildman–Crippen LogP) is 1.53. The zero-order valence-electron chi connectivity index (χ0n) is 10.4. The van der Waals surface area contributed by atoms with Gasteiger partial charge in [-0.15, -0.1) is 0 Å². The number of rotatable bonds is 3. The average Bonchev–Trinajstić information content (AvgIpc) is 2.93. The van der Waals surface area contributed by atoms with Gasteiger partial charge in [-0.3, -0.25) is 0 Å². The molecular formula is C12H16N2O3S. The molecule has 1 fully saturated rings. The summed E-state index contributed by atoms with van der Waals surface area (Å²) in [6.07, 6.45) is 6.26. The molecule has 0 aromatic carbocycles. The highest BCUT2D eigenvalue weighted by atomic mass is 32.2. The van der Waals surface area contributed by atoms with Crippen LogP contribution in [-0.2, 0) is 10.0 Å². The van der Waals surface area contributed by atoms with Crippen LogP contribution in [0.2, 0.25) is 0 Å². The topological polar surface area (TPSA) is 72.2 Å². The smallest absolute Gasteiger partial charge is 0.246 e. The molecule has 0 saturated heterocycles. The predicted molar refractivity (Wildman–Crippen MR) is 65.4 cm³/mol. The minimum Gasteiger partial charge on any atom is -0.360 e. The van der Waals surface area contributed by atoms with Crippen molar-refractivity contribution in [3.05, 3.63) is 23.6 Å². The molecule has 3 rings (SSSR count). The highest BCUT2D eigenvalue weighted by Crippen LogP contribution is 2.39. The van der Waals surface area contributed by atoms with Gasteiger partial charge in [0.2, 0.25) is 10.0 Å². The number of aromatic nitrogens is 1. The van der Waals surface area contributed by atoms with Gasteiger partial charge in [0, 0.05) is 6.04 Å². The molecule has 98 valence electrons. The summed E-state index contributed by atoms with van der Waals surface area (Å²) in [5.74, 6) is 1.22. The zero-order valence-corrected chi connectivity index (χ0v) is 11.2. The van der Waals surface area contributed by atoms with Gasteiger partial charge in [-0.2, -0.15) is 0 Å². The van der Waals surface area contributed by atoms with E-state index in [1.54, 1.807) is 13.8 Å². The lowest BCUT2D eigenvalue weighted by molar-refractivity contribution is 0.390. The summed E-state index contributed by atoms with van der Waals surface area (Å²) < 4.78 is 32.4. The van der Waals surface area contributed by atoms with Gasteiger partial charge < -0.3 is 4.52 Å². The van der Waals surface area contributed by atoms with Crippen molar-refractivity contribution < 1.29 is 12.9 Å². The van der Waals surface area contributed by atoms with Crippen LogP contribution in [-0.4, -0.2) is 19.6 Å². The van der Waals surface area contributed by atoms with Crippen molar-refractivity contribution in [3.63, 3.8) is 0 Å². The van der Waals surface area contributed by atoms with Crippen LogP contribution in [0.4, 0.5) is 0 Å². The van der Waals surface area contributed by atoms with Gasteiger partial charge in [0.25, 0.3) is 0 Å². The molecular weight excluding hydrogens is 252 g/mol. The van der Waals surface area contributed by atoms with Crippen molar-refractivity contribution in [1.29, 1.82) is 0 Å². The van der Waals surface area contributed by atoms with Gasteiger partial charge in [0.1, 0.15) is 10.6 Å². The van der Waals surface area contributed by atoms with Gasteiger partial charge in [-0.05, 0) is 38.5 Å². The summed E-state index contributed by atoms with van der Waals surface area (Å²) in [5, 5.41) is 3.70. The van der Waals surface area contributed by atoms with Crippen molar-refractivity contribution >= 4 is 10.0 Å². The molecule has 3 atom stereocenters. The van der Waals surface area contributed by atoms with Crippen molar-refractivity contribution in [2.45, 2.75) is 37.6 Å². The maximum atomic E-state index is 12.3. The van der Waals surface area contributed by atoms with Gasteiger partial charge in [-0.25, -0.2) is 13.1 Å². The van der Waals surface area contributed by atoms with Crippen molar-refractivity contribution in [3.8, 4) is 0 Å². The Morgan fingerprint density at radius 1 is 1.33 bits per heavy atom. The molecule has 2 bridgehead atoms. The Hall–Kier alpha value is -1.14. The molecule has 0 amide bonds. The minimum absolute atomic E-state index is 0.0127. The minimum atomic E-state index is -3.52. The molecule has 6 heteroatoms. The summed E-state index contributed by atoms with van der Waals surface area (Å²) >= 11 is 0. The van der Waals surface area contributed by atoms with Crippen molar-refractivity contribution in [1.82, 2.24) is 9.88 Å². The highest BCUT2D eigenvalue weighted by molar-refractivity contribution is 7.89. The molecule has 0 radical (unpaired) electrons. The maximum Gasteiger partial charge on any atom is 0.246 e. The second-order valence-electron chi connectivity index (χ2n) is 5.16. The Morgan fingerprint density at radius 3 is 2.61 bits per heavy atom. The van der Waals surface area contributed by atoms with E-state index in [-0.39, 0.29) is 10.9 Å². The number of nitrogens with one attached hydrogen (secondary N) is 1. The monoisotopic (exact) mass is 268 g/mol. The number of hydrogen-bond donors (Lipinski definition) is 1. The maximum absolute atomic E-state index is 12.3. The number of nitrogens with zero attached hydrogens (tertiary/aromatic N) is 1. The number of hydrogen-bond acceptors (Lipinski definition) is 4. The molecule has 1 aromatic heterocycles. The van der Waals surface area contributed by atoms with Crippen LogP contribution in [0, 0.1) is 25.7 Å². The molecule has 18 heavy (non-hydrogen) atoms. The molecule has 2 aliphatic carbocycles. The second-order valence-corrected chi connectivity index (χ2v) is 6.81. The van der Waals surface area contributed by atoms with Crippen LogP contribution < -0.4 is 4.72 Å². The van der Waals surface area contributed by atoms with Gasteiger partial charge in [0.05, 0.1) is 0 Å². The Morgan fingerprint density at radius 2 is 2.11 bits per heavy atom. The third-order valence-corrected chi connectivity index (χ3v) is 5.56. The van der Waals surface area contributed by atoms with Crippen LogP contribution in [0.5, 0.6) is 0 Å². The number of fused-ring (bicyclic) bond motifs is 2. The van der Waals surface area contributed by atoms with Crippen molar-refractivity contribution in [2.75, 3.05) is 0 Å². The first kappa shape index (κ1) is 11.9. The number of aryl methyl sites for hydroxylation is 2. The van der Waals surface area contributed by atoms with E-state index >= 15 is 0 Å². The van der Waals surface area contributed by atoms with E-state index in [2.05, 4.69) is 22.0 Å². The largest absolute Gasteiger partial charge is 0.360 e. The van der Waals surface area contributed by atoms with E-state index in [0.717, 1.165) is 12.8 Å². The van der Waals surface area contributed by atoms with E-state index in [0.29, 0.717) is 23.3 Å². The fraction of sp³-hybridized carbons (Fsp3) is 0.583. The molecule has 1 heterocycles. The zero-order chi connectivity index (χ0) is 12.9. The Balaban J connectivity index is 1.86. The summed E-state index contributed by atoms with van der Waals surface area (Å²) in [6.45, 7) is 3.26. The van der Waals surface area contributed by atoms with Gasteiger partial charge in [0.15, 0.2) is 5.76 Å². The molecule has 1 N–H and O–H groups in total. The summed E-state index contributed by atoms with van der Waals surface area (Å²) in [4.78, 5) is 0.189. The lowest BCUT2D eigenvalue weighted by Gasteiger charge is -2.19. The highest BCUT2D eigenvalue weighted by Gasteiger charge is 2.39. The van der Waals surface area contributed by atoms with E-state index in [1.807, 2.05) is 0 Å². The number of allylic oxidation sites excluding steroid dienone is 1. The van der Waals surface area contributed by atoms with E-state index in [9.17, 15) is 8.42 Å². The van der Waals surface area contributed by atoms with E-state index < -0.39 is 10.0 Å². The van der Waals surface area contributed by atoms with E-state index in [4.69, 9.17) is 4.52 Å². The summed E-state index contributed by atoms with van der Waals surface area (Å²) in [6, 6.07) is 0.0127. The molecule has 0 aliphatic heterocycles. The molecule has 0 spiro atoms. The lowest BCUT2D eigenvalue weighted by Crippen LogP contribution is -2.37. The quantitative estimate of drug-likeness (QED) is 0.844. The van der Waals surface area contributed by atoms with E-state index in [1.165, 1.54) is 0 Å². The van der Waals surface area contributed by atoms with Crippen LogP contribution in [0.3, 0.4) is 0 Å². The molecule has 2 aliphatic rings. The Bertz CT molecular complexity index is 583. The first-order valence-corrected chi connectivity index (χ1v) is 7.59.